The lowest BCUT2D eigenvalue weighted by Crippen LogP contribution is -2.47. The van der Waals surface area contributed by atoms with Crippen molar-refractivity contribution >= 4 is 15.6 Å². The number of rotatable bonds is 6. The van der Waals surface area contributed by atoms with Gasteiger partial charge in [0.25, 0.3) is 0 Å². The molecule has 5 rings (SSSR count). The van der Waals surface area contributed by atoms with Crippen LogP contribution in [0.2, 0.25) is 0 Å². The molecule has 2 saturated heterocycles. The Morgan fingerprint density at radius 1 is 1.09 bits per heavy atom. The summed E-state index contributed by atoms with van der Waals surface area (Å²) in [4.78, 5) is 17.8. The van der Waals surface area contributed by atoms with Gasteiger partial charge in [0.15, 0.2) is 15.6 Å². The lowest BCUT2D eigenvalue weighted by molar-refractivity contribution is 0.0843. The average molecular weight is 472 g/mol. The summed E-state index contributed by atoms with van der Waals surface area (Å²) < 4.78 is 31.5. The number of carbonyl (C=O) groups excluding carboxylic acids is 1. The zero-order valence-electron chi connectivity index (χ0n) is 19.5. The highest BCUT2D eigenvalue weighted by Gasteiger charge is 2.32. The maximum absolute atomic E-state index is 13.1. The quantitative estimate of drug-likeness (QED) is 0.603. The normalized spacial score (nSPS) is 22.9. The molecule has 1 aromatic heterocycles. The molecular formula is C25H33N3O4S. The van der Waals surface area contributed by atoms with Crippen molar-refractivity contribution in [1.29, 1.82) is 0 Å². The van der Waals surface area contributed by atoms with Crippen LogP contribution >= 0.6 is 0 Å². The molecule has 0 spiro atoms. The Morgan fingerprint density at radius 2 is 1.85 bits per heavy atom. The van der Waals surface area contributed by atoms with Crippen LogP contribution < -0.4 is 4.74 Å². The lowest BCUT2D eigenvalue weighted by atomic mass is 10.1. The van der Waals surface area contributed by atoms with Crippen LogP contribution in [0.5, 0.6) is 5.75 Å². The standard InChI is InChI=1S/C25H33N3O4S/c1-18-13-23(19(2)28(18)22-6-12-33(30,31)17-22)24(29)16-27-9-7-26(8-10-27)15-20-3-4-25-21(14-20)5-11-32-25/h3-4,13-14,22H,5-12,15-17H2,1-2H3/t22-/m1/s1. The van der Waals surface area contributed by atoms with Crippen molar-refractivity contribution in [2.45, 2.75) is 39.3 Å². The van der Waals surface area contributed by atoms with Crippen molar-refractivity contribution in [2.75, 3.05) is 50.8 Å². The number of piperazine rings is 1. The van der Waals surface area contributed by atoms with Gasteiger partial charge in [-0.05, 0) is 43.5 Å². The van der Waals surface area contributed by atoms with E-state index >= 15 is 0 Å². The van der Waals surface area contributed by atoms with Gasteiger partial charge in [-0.3, -0.25) is 14.6 Å². The molecule has 1 atom stereocenters. The number of nitrogens with zero attached hydrogens (tertiary/aromatic N) is 3. The first-order valence-corrected chi connectivity index (χ1v) is 13.7. The van der Waals surface area contributed by atoms with Crippen molar-refractivity contribution in [3.63, 3.8) is 0 Å². The Balaban J connectivity index is 1.17. The van der Waals surface area contributed by atoms with Crippen LogP contribution in [0.1, 0.15) is 45.3 Å². The van der Waals surface area contributed by atoms with E-state index in [-0.39, 0.29) is 23.3 Å². The largest absolute Gasteiger partial charge is 0.493 e. The highest BCUT2D eigenvalue weighted by molar-refractivity contribution is 7.91. The number of aryl methyl sites for hydroxylation is 1. The van der Waals surface area contributed by atoms with Crippen molar-refractivity contribution in [2.24, 2.45) is 0 Å². The Morgan fingerprint density at radius 3 is 2.58 bits per heavy atom. The Hall–Kier alpha value is -2.16. The predicted molar refractivity (Wildman–Crippen MR) is 128 cm³/mol. The minimum Gasteiger partial charge on any atom is -0.493 e. The van der Waals surface area contributed by atoms with Crippen molar-refractivity contribution < 1.29 is 17.9 Å². The molecule has 3 aliphatic heterocycles. The molecule has 0 saturated carbocycles. The second kappa shape index (κ2) is 8.89. The van der Waals surface area contributed by atoms with E-state index in [1.54, 1.807) is 0 Å². The highest BCUT2D eigenvalue weighted by Crippen LogP contribution is 2.30. The Bertz CT molecular complexity index is 1160. The molecule has 33 heavy (non-hydrogen) atoms. The summed E-state index contributed by atoms with van der Waals surface area (Å²) >= 11 is 0. The topological polar surface area (TPSA) is 71.8 Å². The van der Waals surface area contributed by atoms with Gasteiger partial charge >= 0.3 is 0 Å². The molecule has 0 bridgehead atoms. The fourth-order valence-electron chi connectivity index (χ4n) is 5.59. The van der Waals surface area contributed by atoms with Crippen molar-refractivity contribution in [1.82, 2.24) is 14.4 Å². The number of ether oxygens (including phenoxy) is 1. The van der Waals surface area contributed by atoms with Crippen LogP contribution in [0.4, 0.5) is 0 Å². The van der Waals surface area contributed by atoms with Gasteiger partial charge in [0, 0.05) is 62.1 Å². The van der Waals surface area contributed by atoms with Gasteiger partial charge in [-0.2, -0.15) is 0 Å². The van der Waals surface area contributed by atoms with Gasteiger partial charge in [0.05, 0.1) is 24.7 Å². The Kier molecular flexibility index (Phi) is 6.09. The number of hydrogen-bond donors (Lipinski definition) is 0. The monoisotopic (exact) mass is 471 g/mol. The first-order chi connectivity index (χ1) is 15.8. The molecule has 0 unspecified atom stereocenters. The maximum atomic E-state index is 13.1. The number of fused-ring (bicyclic) bond motifs is 1. The van der Waals surface area contributed by atoms with Crippen LogP contribution in [-0.2, 0) is 22.8 Å². The van der Waals surface area contributed by atoms with E-state index in [0.717, 1.165) is 68.5 Å². The third-order valence-electron chi connectivity index (χ3n) is 7.35. The number of hydrogen-bond acceptors (Lipinski definition) is 6. The summed E-state index contributed by atoms with van der Waals surface area (Å²) in [5.74, 6) is 1.57. The first-order valence-electron chi connectivity index (χ1n) is 11.9. The molecule has 7 nitrogen and oxygen atoms in total. The summed E-state index contributed by atoms with van der Waals surface area (Å²) in [6, 6.07) is 8.40. The molecule has 3 aliphatic rings. The van der Waals surface area contributed by atoms with Crippen molar-refractivity contribution in [3.8, 4) is 5.75 Å². The van der Waals surface area contributed by atoms with Crippen LogP contribution in [0.15, 0.2) is 24.3 Å². The molecule has 0 aliphatic carbocycles. The zero-order valence-corrected chi connectivity index (χ0v) is 20.4. The van der Waals surface area contributed by atoms with E-state index in [2.05, 4.69) is 32.6 Å². The summed E-state index contributed by atoms with van der Waals surface area (Å²) in [6.45, 7) is 9.69. The van der Waals surface area contributed by atoms with Crippen LogP contribution in [-0.4, -0.2) is 79.4 Å². The number of sulfone groups is 1. The summed E-state index contributed by atoms with van der Waals surface area (Å²) in [6.07, 6.45) is 1.63. The van der Waals surface area contributed by atoms with Gasteiger partial charge in [0.1, 0.15) is 5.75 Å². The number of carbonyl (C=O) groups is 1. The molecule has 2 fully saturated rings. The van der Waals surface area contributed by atoms with Gasteiger partial charge in [0.2, 0.25) is 0 Å². The van der Waals surface area contributed by atoms with Gasteiger partial charge in [-0.15, -0.1) is 0 Å². The van der Waals surface area contributed by atoms with E-state index in [1.165, 1.54) is 11.1 Å². The SMILES string of the molecule is Cc1cc(C(=O)CN2CCN(Cc3ccc4c(c3)CCO4)CC2)c(C)n1[C@@H]1CCS(=O)(=O)C1. The molecule has 178 valence electrons. The van der Waals surface area contributed by atoms with Crippen LogP contribution in [0.3, 0.4) is 0 Å². The molecular weight excluding hydrogens is 438 g/mol. The number of ketones is 1. The summed E-state index contributed by atoms with van der Waals surface area (Å²) in [5, 5.41) is 0. The van der Waals surface area contributed by atoms with Gasteiger partial charge < -0.3 is 9.30 Å². The summed E-state index contributed by atoms with van der Waals surface area (Å²) in [7, 11) is -2.97. The van der Waals surface area contributed by atoms with Crippen molar-refractivity contribution in [3.05, 3.63) is 52.3 Å². The lowest BCUT2D eigenvalue weighted by Gasteiger charge is -2.34. The first kappa shape index (κ1) is 22.6. The van der Waals surface area contributed by atoms with Gasteiger partial charge in [-0.25, -0.2) is 8.42 Å². The Labute approximate surface area is 196 Å². The third kappa shape index (κ3) is 4.74. The molecule has 4 heterocycles. The fraction of sp³-hybridized carbons (Fsp3) is 0.560. The predicted octanol–water partition coefficient (Wildman–Crippen LogP) is 2.40. The van der Waals surface area contributed by atoms with Crippen LogP contribution in [0.25, 0.3) is 0 Å². The minimum atomic E-state index is -2.97. The second-order valence-corrected chi connectivity index (χ2v) is 12.0. The number of aromatic nitrogens is 1. The highest BCUT2D eigenvalue weighted by atomic mass is 32.2. The average Bonchev–Trinajstić information content (AvgIpc) is 3.46. The van der Waals surface area contributed by atoms with E-state index in [4.69, 9.17) is 4.74 Å². The van der Waals surface area contributed by atoms with E-state index < -0.39 is 9.84 Å². The second-order valence-electron chi connectivity index (χ2n) is 9.73. The summed E-state index contributed by atoms with van der Waals surface area (Å²) in [5.41, 5.74) is 5.25. The van der Waals surface area contributed by atoms with E-state index in [1.807, 2.05) is 19.9 Å². The maximum Gasteiger partial charge on any atom is 0.178 e. The molecule has 1 aromatic carbocycles. The third-order valence-corrected chi connectivity index (χ3v) is 9.10. The number of Topliss-reactive ketones (excluding diaryl/α,β-unsaturated/α-hetero) is 1. The number of benzene rings is 1. The molecule has 0 N–H and O–H groups in total. The van der Waals surface area contributed by atoms with Crippen LogP contribution in [0, 0.1) is 13.8 Å². The minimum absolute atomic E-state index is 0.0501. The smallest absolute Gasteiger partial charge is 0.178 e. The van der Waals surface area contributed by atoms with E-state index in [0.29, 0.717) is 13.0 Å². The molecule has 0 radical (unpaired) electrons. The van der Waals surface area contributed by atoms with Gasteiger partial charge in [-0.1, -0.05) is 12.1 Å². The molecule has 2 aromatic rings. The zero-order chi connectivity index (χ0) is 23.2. The molecule has 0 amide bonds. The fourth-order valence-corrected chi connectivity index (χ4v) is 7.29. The van der Waals surface area contributed by atoms with E-state index in [9.17, 15) is 13.2 Å². The molecule has 8 heteroatoms.